The van der Waals surface area contributed by atoms with Gasteiger partial charge < -0.3 is 15.8 Å². The molecule has 0 bridgehead atoms. The number of rotatable bonds is 7. The number of amidine groups is 1. The topological polar surface area (TPSA) is 87.6 Å². The molecule has 0 spiro atoms. The second kappa shape index (κ2) is 10.3. The normalized spacial score (nSPS) is 18.8. The van der Waals surface area contributed by atoms with E-state index in [1.807, 2.05) is 44.3 Å². The van der Waals surface area contributed by atoms with E-state index in [0.717, 1.165) is 30.4 Å². The fourth-order valence-corrected chi connectivity index (χ4v) is 3.81. The Labute approximate surface area is 202 Å². The van der Waals surface area contributed by atoms with E-state index in [2.05, 4.69) is 15.3 Å². The van der Waals surface area contributed by atoms with Gasteiger partial charge in [-0.2, -0.15) is 18.3 Å². The standard InChI is InChI=1S/C25H27F3N6O/c1-16(9-12-30-2)35-19-5-3-17(4-6-19)21-7-8-23-31-14-11-22(34(23)33-21)18-10-13-32-24(29)20(15-18)25(26,27)28/h3-8,11,13,15-16,30H,9-10,12,14,29H2,1-2H3. The maximum atomic E-state index is 13.5. The van der Waals surface area contributed by atoms with Crippen molar-refractivity contribution in [3.8, 4) is 5.75 Å². The van der Waals surface area contributed by atoms with Crippen LogP contribution in [0.4, 0.5) is 13.2 Å². The van der Waals surface area contributed by atoms with Crippen molar-refractivity contribution in [3.63, 3.8) is 0 Å². The lowest BCUT2D eigenvalue weighted by Gasteiger charge is -2.29. The average Bonchev–Trinajstić information content (AvgIpc) is 3.04. The highest BCUT2D eigenvalue weighted by atomic mass is 19.4. The van der Waals surface area contributed by atoms with E-state index in [0.29, 0.717) is 29.4 Å². The molecular formula is C25H27F3N6O. The number of halogens is 3. The van der Waals surface area contributed by atoms with Gasteiger partial charge in [0.05, 0.1) is 29.6 Å². The summed E-state index contributed by atoms with van der Waals surface area (Å²) in [7, 11) is 1.90. The number of hydrogen-bond acceptors (Lipinski definition) is 7. The summed E-state index contributed by atoms with van der Waals surface area (Å²) >= 11 is 0. The molecule has 1 unspecified atom stereocenters. The number of allylic oxidation sites excluding steroid dienone is 4. The minimum absolute atomic E-state index is 0.0705. The van der Waals surface area contributed by atoms with E-state index in [-0.39, 0.29) is 12.5 Å². The summed E-state index contributed by atoms with van der Waals surface area (Å²) in [5.74, 6) is 0.755. The van der Waals surface area contributed by atoms with Gasteiger partial charge in [0.1, 0.15) is 17.4 Å². The monoisotopic (exact) mass is 484 g/mol. The van der Waals surface area contributed by atoms with Crippen LogP contribution in [0.2, 0.25) is 0 Å². The summed E-state index contributed by atoms with van der Waals surface area (Å²) in [6.45, 7) is 3.22. The van der Waals surface area contributed by atoms with Crippen LogP contribution < -0.4 is 15.8 Å². The van der Waals surface area contributed by atoms with E-state index in [9.17, 15) is 13.2 Å². The largest absolute Gasteiger partial charge is 0.491 e. The van der Waals surface area contributed by atoms with Crippen LogP contribution in [0.15, 0.2) is 86.3 Å². The van der Waals surface area contributed by atoms with Crippen LogP contribution in [0.25, 0.3) is 0 Å². The summed E-state index contributed by atoms with van der Waals surface area (Å²) in [6.07, 6.45) is 4.35. The average molecular weight is 485 g/mol. The number of hydrazone groups is 1. The first-order valence-electron chi connectivity index (χ1n) is 11.3. The van der Waals surface area contributed by atoms with Crippen molar-refractivity contribution in [1.82, 2.24) is 10.3 Å². The molecule has 0 fully saturated rings. The number of nitrogens with zero attached hydrogens (tertiary/aromatic N) is 4. The molecule has 0 aromatic heterocycles. The molecule has 35 heavy (non-hydrogen) atoms. The van der Waals surface area contributed by atoms with Crippen LogP contribution in [-0.2, 0) is 0 Å². The summed E-state index contributed by atoms with van der Waals surface area (Å²) in [5, 5.41) is 9.37. The highest BCUT2D eigenvalue weighted by molar-refractivity contribution is 6.14. The van der Waals surface area contributed by atoms with Gasteiger partial charge >= 0.3 is 6.18 Å². The number of aliphatic imine (C=N–C) groups is 2. The molecule has 7 nitrogen and oxygen atoms in total. The molecule has 0 radical (unpaired) electrons. The predicted molar refractivity (Wildman–Crippen MR) is 131 cm³/mol. The summed E-state index contributed by atoms with van der Waals surface area (Å²) in [5.41, 5.74) is 7.02. The van der Waals surface area contributed by atoms with Gasteiger partial charge in [-0.15, -0.1) is 0 Å². The maximum absolute atomic E-state index is 13.5. The van der Waals surface area contributed by atoms with Crippen LogP contribution in [0.3, 0.4) is 0 Å². The summed E-state index contributed by atoms with van der Waals surface area (Å²) in [4.78, 5) is 8.18. The predicted octanol–water partition coefficient (Wildman–Crippen LogP) is 4.07. The number of alkyl halides is 3. The Morgan fingerprint density at radius 2 is 1.97 bits per heavy atom. The molecule has 4 rings (SSSR count). The first kappa shape index (κ1) is 24.5. The van der Waals surface area contributed by atoms with Gasteiger partial charge in [0.25, 0.3) is 0 Å². The van der Waals surface area contributed by atoms with E-state index in [4.69, 9.17) is 15.6 Å². The maximum Gasteiger partial charge on any atom is 0.419 e. The van der Waals surface area contributed by atoms with Gasteiger partial charge in [0, 0.05) is 18.2 Å². The highest BCUT2D eigenvalue weighted by Gasteiger charge is 2.36. The highest BCUT2D eigenvalue weighted by Crippen LogP contribution is 2.34. The Kier molecular flexibility index (Phi) is 7.20. The molecule has 0 aliphatic carbocycles. The van der Waals surface area contributed by atoms with E-state index < -0.39 is 17.6 Å². The van der Waals surface area contributed by atoms with Gasteiger partial charge in [-0.25, -0.2) is 10.0 Å². The Bertz CT molecular complexity index is 1170. The Balaban J connectivity index is 1.58. The number of benzene rings is 1. The number of nitrogens with one attached hydrogen (secondary N) is 1. The second-order valence-electron chi connectivity index (χ2n) is 8.25. The summed E-state index contributed by atoms with van der Waals surface area (Å²) in [6, 6.07) is 7.57. The van der Waals surface area contributed by atoms with Crippen molar-refractivity contribution in [3.05, 3.63) is 76.8 Å². The molecular weight excluding hydrogens is 457 g/mol. The minimum Gasteiger partial charge on any atom is -0.491 e. The zero-order valence-corrected chi connectivity index (χ0v) is 19.5. The lowest BCUT2D eigenvalue weighted by atomic mass is 10.0. The number of fused-ring (bicyclic) bond motifs is 1. The molecule has 0 amide bonds. The smallest absolute Gasteiger partial charge is 0.419 e. The number of nitrogens with two attached hydrogens (primary N) is 1. The number of hydrogen-bond donors (Lipinski definition) is 2. The van der Waals surface area contributed by atoms with E-state index in [1.165, 1.54) is 6.21 Å². The first-order valence-corrected chi connectivity index (χ1v) is 11.3. The molecule has 3 aliphatic rings. The third-order valence-corrected chi connectivity index (χ3v) is 5.64. The number of ether oxygens (including phenoxy) is 1. The van der Waals surface area contributed by atoms with Crippen LogP contribution in [0.1, 0.15) is 25.3 Å². The molecule has 0 saturated heterocycles. The zero-order valence-electron chi connectivity index (χ0n) is 19.5. The van der Waals surface area contributed by atoms with Gasteiger partial charge in [-0.05, 0) is 81.1 Å². The fourth-order valence-electron chi connectivity index (χ4n) is 3.81. The quantitative estimate of drug-likeness (QED) is 0.611. The molecule has 3 N–H and O–H groups in total. The van der Waals surface area contributed by atoms with Crippen molar-refractivity contribution in [2.24, 2.45) is 20.8 Å². The summed E-state index contributed by atoms with van der Waals surface area (Å²) < 4.78 is 46.5. The van der Waals surface area contributed by atoms with Gasteiger partial charge in [0.15, 0.2) is 0 Å². The third kappa shape index (κ3) is 5.71. The molecule has 3 aliphatic heterocycles. The van der Waals surface area contributed by atoms with Crippen molar-refractivity contribution in [2.75, 3.05) is 20.1 Å². The third-order valence-electron chi connectivity index (χ3n) is 5.64. The van der Waals surface area contributed by atoms with Crippen LogP contribution in [0.5, 0.6) is 5.75 Å². The molecule has 3 heterocycles. The van der Waals surface area contributed by atoms with Crippen LogP contribution in [0, 0.1) is 0 Å². The zero-order chi connectivity index (χ0) is 25.0. The molecule has 1 aromatic rings. The lowest BCUT2D eigenvalue weighted by molar-refractivity contribution is -0.0891. The molecule has 1 aromatic carbocycles. The van der Waals surface area contributed by atoms with Crippen LogP contribution >= 0.6 is 0 Å². The second-order valence-corrected chi connectivity index (χ2v) is 8.25. The van der Waals surface area contributed by atoms with Crippen molar-refractivity contribution >= 4 is 17.8 Å². The molecule has 184 valence electrons. The van der Waals surface area contributed by atoms with Crippen molar-refractivity contribution in [2.45, 2.75) is 32.0 Å². The lowest BCUT2D eigenvalue weighted by Crippen LogP contribution is -2.32. The van der Waals surface area contributed by atoms with E-state index in [1.54, 1.807) is 17.2 Å². The van der Waals surface area contributed by atoms with Gasteiger partial charge in [0.2, 0.25) is 0 Å². The SMILES string of the molecule is CNCCC(C)Oc1ccc(C2=NN3C(C4=CC(C(F)(F)F)=C(N)N=CC4)=CCN=C3C=C2)cc1. The van der Waals surface area contributed by atoms with Crippen LogP contribution in [-0.4, -0.2) is 55.2 Å². The van der Waals surface area contributed by atoms with Gasteiger partial charge in [-0.3, -0.25) is 4.99 Å². The minimum atomic E-state index is -4.62. The fraction of sp³-hybridized carbons (Fsp3) is 0.320. The Morgan fingerprint density at radius 1 is 1.20 bits per heavy atom. The Morgan fingerprint density at radius 3 is 2.69 bits per heavy atom. The van der Waals surface area contributed by atoms with Gasteiger partial charge in [-0.1, -0.05) is 0 Å². The first-order chi connectivity index (χ1) is 16.8. The van der Waals surface area contributed by atoms with E-state index >= 15 is 0 Å². The molecule has 10 heteroatoms. The molecule has 1 atom stereocenters. The Hall–Kier alpha value is -3.66. The molecule has 0 saturated carbocycles. The van der Waals surface area contributed by atoms with Crippen molar-refractivity contribution in [1.29, 1.82) is 0 Å². The van der Waals surface area contributed by atoms with Crippen molar-refractivity contribution < 1.29 is 17.9 Å².